The smallest absolute Gasteiger partial charge is 0.264 e. The highest BCUT2D eigenvalue weighted by atomic mass is 32.1. The van der Waals surface area contributed by atoms with Crippen LogP contribution in [0.25, 0.3) is 0 Å². The molecular formula is C16H14N2O2S. The largest absolute Gasteiger partial charge is 0.472 e. The fourth-order valence-corrected chi connectivity index (χ4v) is 3.60. The number of aromatic nitrogens is 1. The summed E-state index contributed by atoms with van der Waals surface area (Å²) in [6.45, 7) is 1.53. The van der Waals surface area contributed by atoms with Gasteiger partial charge in [-0.25, -0.2) is 0 Å². The van der Waals surface area contributed by atoms with Gasteiger partial charge in [0.05, 0.1) is 17.4 Å². The number of carbonyl (C=O) groups is 1. The number of thiophene rings is 1. The molecule has 4 nitrogen and oxygen atoms in total. The molecule has 0 radical (unpaired) electrons. The lowest BCUT2D eigenvalue weighted by atomic mass is 10.0. The van der Waals surface area contributed by atoms with E-state index in [0.717, 1.165) is 22.7 Å². The summed E-state index contributed by atoms with van der Waals surface area (Å²) in [5, 5.41) is 1.94. The molecule has 0 aromatic carbocycles. The zero-order chi connectivity index (χ0) is 14.2. The molecular weight excluding hydrogens is 284 g/mol. The minimum absolute atomic E-state index is 0.0814. The molecule has 4 rings (SSSR count). The van der Waals surface area contributed by atoms with E-state index >= 15 is 0 Å². The molecule has 1 amide bonds. The Hall–Kier alpha value is -2.27. The van der Waals surface area contributed by atoms with E-state index in [0.29, 0.717) is 6.54 Å². The van der Waals surface area contributed by atoms with Gasteiger partial charge in [-0.1, -0.05) is 6.07 Å². The van der Waals surface area contributed by atoms with Crippen molar-refractivity contribution in [2.24, 2.45) is 0 Å². The summed E-state index contributed by atoms with van der Waals surface area (Å²) < 4.78 is 7.44. The van der Waals surface area contributed by atoms with Crippen molar-refractivity contribution in [3.05, 3.63) is 70.6 Å². The van der Waals surface area contributed by atoms with Gasteiger partial charge in [-0.05, 0) is 29.6 Å². The second-order valence-electron chi connectivity index (χ2n) is 5.06. The summed E-state index contributed by atoms with van der Waals surface area (Å²) in [5.74, 6) is 0.0867. The van der Waals surface area contributed by atoms with Gasteiger partial charge >= 0.3 is 0 Å². The fraction of sp³-hybridized carbons (Fsp3) is 0.188. The van der Waals surface area contributed by atoms with Crippen LogP contribution in [0.15, 0.2) is 58.9 Å². The number of hydrogen-bond acceptors (Lipinski definition) is 3. The normalized spacial score (nSPS) is 17.7. The second-order valence-corrected chi connectivity index (χ2v) is 6.01. The number of carbonyl (C=O) groups excluding carboxylic acids is 1. The number of rotatable bonds is 2. The Bertz CT molecular complexity index is 743. The van der Waals surface area contributed by atoms with Crippen LogP contribution in [0.1, 0.15) is 27.0 Å². The molecule has 1 aliphatic heterocycles. The van der Waals surface area contributed by atoms with E-state index in [9.17, 15) is 4.79 Å². The predicted octanol–water partition coefficient (Wildman–Crippen LogP) is 3.39. The number of hydrogen-bond donors (Lipinski definition) is 0. The summed E-state index contributed by atoms with van der Waals surface area (Å²) in [5.41, 5.74) is 2.15. The van der Waals surface area contributed by atoms with Crippen LogP contribution in [0.5, 0.6) is 0 Å². The van der Waals surface area contributed by atoms with Crippen molar-refractivity contribution in [2.75, 3.05) is 6.54 Å². The first-order valence-corrected chi connectivity index (χ1v) is 7.74. The van der Waals surface area contributed by atoms with Gasteiger partial charge in [0.1, 0.15) is 6.04 Å². The molecule has 0 unspecified atom stereocenters. The third-order valence-electron chi connectivity index (χ3n) is 3.89. The third-order valence-corrected chi connectivity index (χ3v) is 4.75. The monoisotopic (exact) mass is 298 g/mol. The molecule has 0 aliphatic carbocycles. The van der Waals surface area contributed by atoms with Gasteiger partial charge in [-0.15, -0.1) is 11.3 Å². The zero-order valence-corrected chi connectivity index (χ0v) is 12.1. The Labute approximate surface area is 126 Å². The van der Waals surface area contributed by atoms with E-state index in [2.05, 4.69) is 16.8 Å². The first-order valence-electron chi connectivity index (χ1n) is 6.86. The minimum Gasteiger partial charge on any atom is -0.472 e. The Kier molecular flexibility index (Phi) is 2.93. The first kappa shape index (κ1) is 12.5. The molecule has 0 spiro atoms. The van der Waals surface area contributed by atoms with Gasteiger partial charge in [-0.3, -0.25) is 4.79 Å². The molecule has 3 aromatic heterocycles. The average molecular weight is 298 g/mol. The van der Waals surface area contributed by atoms with Crippen LogP contribution in [-0.2, 0) is 6.54 Å². The van der Waals surface area contributed by atoms with E-state index in [1.807, 2.05) is 34.5 Å². The number of nitrogens with zero attached hydrogens (tertiary/aromatic N) is 2. The first-order chi connectivity index (χ1) is 10.3. The molecule has 0 saturated heterocycles. The Morgan fingerprint density at radius 1 is 1.24 bits per heavy atom. The van der Waals surface area contributed by atoms with Gasteiger partial charge in [0.2, 0.25) is 0 Å². The van der Waals surface area contributed by atoms with Crippen LogP contribution in [0.3, 0.4) is 0 Å². The van der Waals surface area contributed by atoms with Crippen molar-refractivity contribution in [1.29, 1.82) is 0 Å². The molecule has 0 bridgehead atoms. The van der Waals surface area contributed by atoms with Crippen molar-refractivity contribution in [3.63, 3.8) is 0 Å². The quantitative estimate of drug-likeness (QED) is 0.727. The van der Waals surface area contributed by atoms with Crippen LogP contribution in [0.4, 0.5) is 0 Å². The van der Waals surface area contributed by atoms with E-state index in [-0.39, 0.29) is 11.9 Å². The van der Waals surface area contributed by atoms with Gasteiger partial charge in [0.25, 0.3) is 5.91 Å². The minimum atomic E-state index is -0.0814. The highest BCUT2D eigenvalue weighted by Gasteiger charge is 2.33. The maximum Gasteiger partial charge on any atom is 0.264 e. The van der Waals surface area contributed by atoms with Crippen molar-refractivity contribution in [2.45, 2.75) is 12.6 Å². The standard InChI is InChI=1S/C16H14N2O2S/c19-16(14-4-2-10-21-14)18-8-7-17-6-1-3-13(17)15(18)12-5-9-20-11-12/h1-6,9-11,15H,7-8H2/t15-/m0/s1. The SMILES string of the molecule is O=C(c1cccs1)N1CCn2cccc2[C@@H]1c1ccoc1. The van der Waals surface area contributed by atoms with Gasteiger partial charge < -0.3 is 13.9 Å². The zero-order valence-electron chi connectivity index (χ0n) is 11.3. The van der Waals surface area contributed by atoms with Crippen molar-refractivity contribution >= 4 is 17.2 Å². The highest BCUT2D eigenvalue weighted by Crippen LogP contribution is 2.34. The molecule has 0 fully saturated rings. The molecule has 1 atom stereocenters. The Balaban J connectivity index is 1.78. The van der Waals surface area contributed by atoms with Crippen LogP contribution in [-0.4, -0.2) is 21.9 Å². The highest BCUT2D eigenvalue weighted by molar-refractivity contribution is 7.12. The second kappa shape index (κ2) is 4.93. The summed E-state index contributed by atoms with van der Waals surface area (Å²) >= 11 is 1.49. The number of amides is 1. The number of fused-ring (bicyclic) bond motifs is 1. The van der Waals surface area contributed by atoms with Gasteiger partial charge in [-0.2, -0.15) is 0 Å². The molecule has 0 N–H and O–H groups in total. The Morgan fingerprint density at radius 2 is 2.19 bits per heavy atom. The molecule has 5 heteroatoms. The van der Waals surface area contributed by atoms with Crippen LogP contribution < -0.4 is 0 Å². The van der Waals surface area contributed by atoms with E-state index in [1.54, 1.807) is 12.5 Å². The van der Waals surface area contributed by atoms with Crippen LogP contribution in [0, 0.1) is 0 Å². The predicted molar refractivity (Wildman–Crippen MR) is 80.3 cm³/mol. The summed E-state index contributed by atoms with van der Waals surface area (Å²) in [7, 11) is 0. The van der Waals surface area contributed by atoms with E-state index in [4.69, 9.17) is 4.42 Å². The number of furan rings is 1. The molecule has 4 heterocycles. The summed E-state index contributed by atoms with van der Waals surface area (Å²) in [6.07, 6.45) is 5.45. The van der Waals surface area contributed by atoms with E-state index < -0.39 is 0 Å². The molecule has 106 valence electrons. The average Bonchev–Trinajstić information content (AvgIpc) is 3.25. The molecule has 21 heavy (non-hydrogen) atoms. The molecule has 3 aromatic rings. The maximum absolute atomic E-state index is 12.8. The van der Waals surface area contributed by atoms with Crippen molar-refractivity contribution in [3.8, 4) is 0 Å². The van der Waals surface area contributed by atoms with Crippen LogP contribution in [0.2, 0.25) is 0 Å². The van der Waals surface area contributed by atoms with E-state index in [1.165, 1.54) is 11.3 Å². The van der Waals surface area contributed by atoms with Gasteiger partial charge in [0, 0.05) is 30.5 Å². The maximum atomic E-state index is 12.8. The van der Waals surface area contributed by atoms with Crippen molar-refractivity contribution in [1.82, 2.24) is 9.47 Å². The van der Waals surface area contributed by atoms with Crippen molar-refractivity contribution < 1.29 is 9.21 Å². The lowest BCUT2D eigenvalue weighted by Crippen LogP contribution is -2.42. The lowest BCUT2D eigenvalue weighted by Gasteiger charge is -2.36. The third kappa shape index (κ3) is 2.01. The summed E-state index contributed by atoms with van der Waals surface area (Å²) in [4.78, 5) is 15.5. The van der Waals surface area contributed by atoms with Gasteiger partial charge in [0.15, 0.2) is 0 Å². The molecule has 0 saturated carbocycles. The topological polar surface area (TPSA) is 38.4 Å². The summed E-state index contributed by atoms with van der Waals surface area (Å²) in [6, 6.07) is 9.75. The fourth-order valence-electron chi connectivity index (χ4n) is 2.93. The van der Waals surface area contributed by atoms with Crippen LogP contribution >= 0.6 is 11.3 Å². The Morgan fingerprint density at radius 3 is 2.95 bits per heavy atom. The lowest BCUT2D eigenvalue weighted by molar-refractivity contribution is 0.0668. The molecule has 1 aliphatic rings.